The number of benzene rings is 1. The van der Waals surface area contributed by atoms with Gasteiger partial charge in [0.15, 0.2) is 0 Å². The van der Waals surface area contributed by atoms with E-state index in [1.54, 1.807) is 0 Å². The van der Waals surface area contributed by atoms with Gasteiger partial charge in [-0.1, -0.05) is 12.1 Å². The number of aromatic nitrogens is 4. The third-order valence-corrected chi connectivity index (χ3v) is 3.02. The van der Waals surface area contributed by atoms with Crippen LogP contribution >= 0.6 is 0 Å². The molecule has 4 heteroatoms. The predicted molar refractivity (Wildman–Crippen MR) is 70.2 cm³/mol. The Labute approximate surface area is 105 Å². The van der Waals surface area contributed by atoms with E-state index >= 15 is 0 Å². The Morgan fingerprint density at radius 3 is 2.67 bits per heavy atom. The van der Waals surface area contributed by atoms with Gasteiger partial charge in [0.25, 0.3) is 0 Å². The summed E-state index contributed by atoms with van der Waals surface area (Å²) in [5.41, 5.74) is 2.91. The van der Waals surface area contributed by atoms with E-state index in [1.165, 1.54) is 0 Å². The molecule has 2 heterocycles. The van der Waals surface area contributed by atoms with Crippen molar-refractivity contribution in [3.63, 3.8) is 0 Å². The van der Waals surface area contributed by atoms with Crippen LogP contribution in [0.15, 0.2) is 42.9 Å². The van der Waals surface area contributed by atoms with E-state index in [-0.39, 0.29) is 0 Å². The number of para-hydroxylation sites is 2. The second kappa shape index (κ2) is 4.56. The van der Waals surface area contributed by atoms with Gasteiger partial charge in [-0.15, -0.1) is 0 Å². The minimum atomic E-state index is 0.864. The molecule has 0 atom stereocenters. The minimum absolute atomic E-state index is 0.864. The van der Waals surface area contributed by atoms with Gasteiger partial charge in [-0.2, -0.15) is 0 Å². The molecule has 3 aromatic rings. The number of hydrogen-bond acceptors (Lipinski definition) is 3. The Morgan fingerprint density at radius 2 is 1.89 bits per heavy atom. The summed E-state index contributed by atoms with van der Waals surface area (Å²) in [5, 5.41) is 0. The number of fused-ring (bicyclic) bond motifs is 1. The van der Waals surface area contributed by atoms with Crippen molar-refractivity contribution in [2.45, 2.75) is 12.8 Å². The highest BCUT2D eigenvalue weighted by molar-refractivity contribution is 5.73. The van der Waals surface area contributed by atoms with Crippen LogP contribution in [-0.4, -0.2) is 19.5 Å². The van der Waals surface area contributed by atoms with Gasteiger partial charge in [-0.25, -0.2) is 9.97 Å². The molecular weight excluding hydrogens is 224 g/mol. The van der Waals surface area contributed by atoms with Crippen molar-refractivity contribution in [3.05, 3.63) is 54.4 Å². The maximum atomic E-state index is 4.60. The third kappa shape index (κ3) is 2.09. The first kappa shape index (κ1) is 10.9. The molecule has 0 fully saturated rings. The molecule has 0 aliphatic heterocycles. The molecule has 18 heavy (non-hydrogen) atoms. The molecule has 0 unspecified atom stereocenters. The van der Waals surface area contributed by atoms with Crippen molar-refractivity contribution in [1.82, 2.24) is 19.5 Å². The summed E-state index contributed by atoms with van der Waals surface area (Å²) in [7, 11) is 2.01. The summed E-state index contributed by atoms with van der Waals surface area (Å²) in [4.78, 5) is 13.3. The van der Waals surface area contributed by atoms with Crippen molar-refractivity contribution in [2.75, 3.05) is 0 Å². The Morgan fingerprint density at radius 1 is 1.06 bits per heavy atom. The molecule has 2 aromatic heterocycles. The summed E-state index contributed by atoms with van der Waals surface area (Å²) >= 11 is 0. The average molecular weight is 238 g/mol. The van der Waals surface area contributed by atoms with Crippen molar-refractivity contribution < 1.29 is 0 Å². The number of hydrogen-bond donors (Lipinski definition) is 0. The highest BCUT2D eigenvalue weighted by Gasteiger charge is 2.03. The third-order valence-electron chi connectivity index (χ3n) is 3.02. The normalized spacial score (nSPS) is 10.9. The van der Waals surface area contributed by atoms with Crippen LogP contribution in [0.1, 0.15) is 11.5 Å². The molecule has 0 radical (unpaired) electrons. The van der Waals surface area contributed by atoms with Crippen molar-refractivity contribution in [2.24, 2.45) is 7.05 Å². The van der Waals surface area contributed by atoms with Crippen LogP contribution < -0.4 is 0 Å². The quantitative estimate of drug-likeness (QED) is 0.702. The second-order valence-electron chi connectivity index (χ2n) is 4.30. The zero-order chi connectivity index (χ0) is 12.4. The molecule has 0 aliphatic rings. The SMILES string of the molecule is Cn1ccnc1CCc1cnc2ccccc2n1. The largest absolute Gasteiger partial charge is 0.338 e. The first-order valence-corrected chi connectivity index (χ1v) is 6.00. The molecule has 4 nitrogen and oxygen atoms in total. The molecular formula is C14H14N4. The summed E-state index contributed by atoms with van der Waals surface area (Å²) in [6.45, 7) is 0. The lowest BCUT2D eigenvalue weighted by Gasteiger charge is -2.03. The molecule has 0 saturated carbocycles. The maximum Gasteiger partial charge on any atom is 0.108 e. The van der Waals surface area contributed by atoms with Gasteiger partial charge in [0.05, 0.1) is 16.7 Å². The van der Waals surface area contributed by atoms with Gasteiger partial charge in [0.2, 0.25) is 0 Å². The second-order valence-corrected chi connectivity index (χ2v) is 4.30. The predicted octanol–water partition coefficient (Wildman–Crippen LogP) is 2.15. The number of rotatable bonds is 3. The van der Waals surface area contributed by atoms with Crippen LogP contribution in [0.25, 0.3) is 11.0 Å². The van der Waals surface area contributed by atoms with Gasteiger partial charge in [-0.05, 0) is 18.6 Å². The van der Waals surface area contributed by atoms with Crippen LogP contribution in [0.5, 0.6) is 0 Å². The highest BCUT2D eigenvalue weighted by Crippen LogP contribution is 2.10. The monoisotopic (exact) mass is 238 g/mol. The van der Waals surface area contributed by atoms with Crippen molar-refractivity contribution in [1.29, 1.82) is 0 Å². The molecule has 0 amide bonds. The Hall–Kier alpha value is -2.23. The van der Waals surface area contributed by atoms with Gasteiger partial charge < -0.3 is 4.57 Å². The molecule has 0 aliphatic carbocycles. The molecule has 90 valence electrons. The van der Waals surface area contributed by atoms with Gasteiger partial charge in [-0.3, -0.25) is 4.98 Å². The summed E-state index contributed by atoms with van der Waals surface area (Å²) in [6, 6.07) is 7.93. The van der Waals surface area contributed by atoms with E-state index in [4.69, 9.17) is 0 Å². The fourth-order valence-electron chi connectivity index (χ4n) is 1.99. The first-order valence-electron chi connectivity index (χ1n) is 6.00. The molecule has 0 bridgehead atoms. The van der Waals surface area contributed by atoms with E-state index in [0.717, 1.165) is 35.4 Å². The summed E-state index contributed by atoms with van der Waals surface area (Å²) in [6.07, 6.45) is 7.38. The highest BCUT2D eigenvalue weighted by atomic mass is 15.0. The molecule has 1 aromatic carbocycles. The van der Waals surface area contributed by atoms with Crippen LogP contribution in [0, 0.1) is 0 Å². The fraction of sp³-hybridized carbons (Fsp3) is 0.214. The fourth-order valence-corrected chi connectivity index (χ4v) is 1.99. The van der Waals surface area contributed by atoms with Crippen molar-refractivity contribution in [3.8, 4) is 0 Å². The van der Waals surface area contributed by atoms with E-state index in [1.807, 2.05) is 54.5 Å². The Balaban J connectivity index is 1.81. The maximum absolute atomic E-state index is 4.60. The zero-order valence-electron chi connectivity index (χ0n) is 10.2. The molecule has 0 spiro atoms. The Bertz CT molecular complexity index is 672. The number of nitrogens with zero attached hydrogens (tertiary/aromatic N) is 4. The smallest absolute Gasteiger partial charge is 0.108 e. The first-order chi connectivity index (χ1) is 8.83. The van der Waals surface area contributed by atoms with E-state index in [0.29, 0.717) is 0 Å². The Kier molecular flexibility index (Phi) is 2.76. The topological polar surface area (TPSA) is 43.6 Å². The standard InChI is InChI=1S/C14H14N4/c1-18-9-8-15-14(18)7-6-11-10-16-12-4-2-3-5-13(12)17-11/h2-5,8-10H,6-7H2,1H3. The summed E-state index contributed by atoms with van der Waals surface area (Å²) in [5.74, 6) is 1.07. The lowest BCUT2D eigenvalue weighted by Crippen LogP contribution is -2.01. The van der Waals surface area contributed by atoms with Gasteiger partial charge in [0, 0.05) is 32.1 Å². The number of aryl methyl sites for hydroxylation is 3. The molecule has 0 N–H and O–H groups in total. The van der Waals surface area contributed by atoms with Gasteiger partial charge in [0.1, 0.15) is 5.82 Å². The van der Waals surface area contributed by atoms with Crippen molar-refractivity contribution >= 4 is 11.0 Å². The van der Waals surface area contributed by atoms with E-state index in [9.17, 15) is 0 Å². The average Bonchev–Trinajstić information content (AvgIpc) is 2.82. The van der Waals surface area contributed by atoms with E-state index < -0.39 is 0 Å². The lowest BCUT2D eigenvalue weighted by atomic mass is 10.2. The zero-order valence-corrected chi connectivity index (χ0v) is 10.2. The minimum Gasteiger partial charge on any atom is -0.338 e. The van der Waals surface area contributed by atoms with Crippen LogP contribution in [0.3, 0.4) is 0 Å². The molecule has 3 rings (SSSR count). The lowest BCUT2D eigenvalue weighted by molar-refractivity contribution is 0.762. The van der Waals surface area contributed by atoms with Gasteiger partial charge >= 0.3 is 0 Å². The number of imidazole rings is 1. The summed E-state index contributed by atoms with van der Waals surface area (Å²) < 4.78 is 2.04. The van der Waals surface area contributed by atoms with E-state index in [2.05, 4.69) is 15.0 Å². The molecule has 0 saturated heterocycles. The van der Waals surface area contributed by atoms with Crippen LogP contribution in [0.2, 0.25) is 0 Å². The van der Waals surface area contributed by atoms with Crippen LogP contribution in [-0.2, 0) is 19.9 Å². The van der Waals surface area contributed by atoms with Crippen LogP contribution in [0.4, 0.5) is 0 Å².